The lowest BCUT2D eigenvalue weighted by atomic mass is 10.1. The molecule has 0 aliphatic carbocycles. The molecule has 0 heterocycles. The van der Waals surface area contributed by atoms with Crippen LogP contribution >= 0.6 is 11.8 Å². The Morgan fingerprint density at radius 1 is 1.05 bits per heavy atom. The first-order chi connectivity index (χ1) is 10.0. The summed E-state index contributed by atoms with van der Waals surface area (Å²) >= 11 is 1.91. The number of thioether (sulfide) groups is 1. The Bertz CT molecular complexity index is 590. The summed E-state index contributed by atoms with van der Waals surface area (Å²) in [5.41, 5.74) is 5.49. The summed E-state index contributed by atoms with van der Waals surface area (Å²) in [6.07, 6.45) is 0. The lowest BCUT2D eigenvalue weighted by Gasteiger charge is -2.12. The maximum absolute atomic E-state index is 3.48. The van der Waals surface area contributed by atoms with Gasteiger partial charge in [0, 0.05) is 23.2 Å². The molecular formula is C19H25NS. The lowest BCUT2D eigenvalue weighted by Crippen LogP contribution is -2.22. The molecule has 2 heteroatoms. The monoisotopic (exact) mass is 299 g/mol. The molecule has 0 spiro atoms. The number of nitrogens with one attached hydrogen (secondary N) is 1. The van der Waals surface area contributed by atoms with Gasteiger partial charge < -0.3 is 5.32 Å². The van der Waals surface area contributed by atoms with Crippen LogP contribution in [0.15, 0.2) is 47.4 Å². The molecule has 2 rings (SSSR count). The van der Waals surface area contributed by atoms with Gasteiger partial charge in [-0.3, -0.25) is 0 Å². The highest BCUT2D eigenvalue weighted by Crippen LogP contribution is 2.25. The van der Waals surface area contributed by atoms with Gasteiger partial charge in [-0.2, -0.15) is 0 Å². The average Bonchev–Trinajstić information content (AvgIpc) is 2.44. The summed E-state index contributed by atoms with van der Waals surface area (Å²) in [4.78, 5) is 1.35. The second-order valence-electron chi connectivity index (χ2n) is 5.90. The van der Waals surface area contributed by atoms with Gasteiger partial charge >= 0.3 is 0 Å². The zero-order chi connectivity index (χ0) is 15.2. The van der Waals surface area contributed by atoms with E-state index in [1.165, 1.54) is 27.1 Å². The van der Waals surface area contributed by atoms with Crippen LogP contribution in [0.25, 0.3) is 0 Å². The molecule has 0 unspecified atom stereocenters. The van der Waals surface area contributed by atoms with Crippen molar-refractivity contribution in [3.63, 3.8) is 0 Å². The summed E-state index contributed by atoms with van der Waals surface area (Å²) in [6.45, 7) is 9.66. The van der Waals surface area contributed by atoms with Crippen LogP contribution in [0.5, 0.6) is 0 Å². The molecule has 0 aliphatic heterocycles. The van der Waals surface area contributed by atoms with Crippen LogP contribution in [0.1, 0.15) is 36.1 Å². The highest BCUT2D eigenvalue weighted by Gasteiger charge is 2.03. The summed E-state index contributed by atoms with van der Waals surface area (Å²) < 4.78 is 0. The summed E-state index contributed by atoms with van der Waals surface area (Å²) in [5.74, 6) is 1.03. The number of benzene rings is 2. The maximum Gasteiger partial charge on any atom is 0.0232 e. The molecule has 0 aromatic heterocycles. The fourth-order valence-corrected chi connectivity index (χ4v) is 3.18. The molecule has 2 aromatic carbocycles. The Labute approximate surface area is 133 Å². The van der Waals surface area contributed by atoms with Crippen molar-refractivity contribution in [2.24, 2.45) is 0 Å². The predicted molar refractivity (Wildman–Crippen MR) is 93.9 cm³/mol. The molecule has 0 saturated heterocycles. The normalized spacial score (nSPS) is 11.1. The van der Waals surface area contributed by atoms with Crippen molar-refractivity contribution in [3.05, 3.63) is 64.7 Å². The third kappa shape index (κ3) is 5.22. The van der Waals surface area contributed by atoms with Gasteiger partial charge in [0.05, 0.1) is 0 Å². The number of hydrogen-bond acceptors (Lipinski definition) is 2. The van der Waals surface area contributed by atoms with Crippen molar-refractivity contribution >= 4 is 11.8 Å². The van der Waals surface area contributed by atoms with E-state index in [-0.39, 0.29) is 0 Å². The molecular weight excluding hydrogens is 274 g/mol. The van der Waals surface area contributed by atoms with Gasteiger partial charge in [-0.1, -0.05) is 49.7 Å². The highest BCUT2D eigenvalue weighted by atomic mass is 32.2. The molecule has 0 atom stereocenters. The second-order valence-corrected chi connectivity index (χ2v) is 6.95. The molecule has 0 aliphatic rings. The third-order valence-corrected chi connectivity index (χ3v) is 4.57. The summed E-state index contributed by atoms with van der Waals surface area (Å²) in [5, 5.41) is 3.48. The number of aryl methyl sites for hydroxylation is 2. The zero-order valence-corrected chi connectivity index (χ0v) is 14.3. The largest absolute Gasteiger partial charge is 0.310 e. The summed E-state index contributed by atoms with van der Waals surface area (Å²) in [6, 6.07) is 16.1. The minimum atomic E-state index is 0.528. The van der Waals surface area contributed by atoms with Crippen LogP contribution < -0.4 is 5.32 Å². The fourth-order valence-electron chi connectivity index (χ4n) is 2.24. The number of hydrogen-bond donors (Lipinski definition) is 1. The smallest absolute Gasteiger partial charge is 0.0232 e. The standard InChI is InChI=1S/C19H25NS/c1-14(2)20-12-18-8-9-19(11-16(18)4)21-13-17-7-5-6-15(3)10-17/h5-11,14,20H,12-13H2,1-4H3. The van der Waals surface area contributed by atoms with Crippen LogP contribution in [0.3, 0.4) is 0 Å². The zero-order valence-electron chi connectivity index (χ0n) is 13.4. The Balaban J connectivity index is 1.97. The van der Waals surface area contributed by atoms with E-state index in [1.54, 1.807) is 0 Å². The summed E-state index contributed by atoms with van der Waals surface area (Å²) in [7, 11) is 0. The van der Waals surface area contributed by atoms with E-state index in [0.29, 0.717) is 6.04 Å². The quantitative estimate of drug-likeness (QED) is 0.745. The van der Waals surface area contributed by atoms with E-state index >= 15 is 0 Å². The van der Waals surface area contributed by atoms with E-state index in [2.05, 4.69) is 75.5 Å². The maximum atomic E-state index is 3.48. The Kier molecular flexibility index (Phi) is 5.89. The highest BCUT2D eigenvalue weighted by molar-refractivity contribution is 7.98. The third-order valence-electron chi connectivity index (χ3n) is 3.50. The van der Waals surface area contributed by atoms with Gasteiger partial charge in [-0.15, -0.1) is 11.8 Å². The van der Waals surface area contributed by atoms with Gasteiger partial charge in [0.1, 0.15) is 0 Å². The predicted octanol–water partition coefficient (Wildman–Crippen LogP) is 5.09. The molecule has 0 saturated carbocycles. The molecule has 0 amide bonds. The first kappa shape index (κ1) is 16.1. The van der Waals surface area contributed by atoms with Gasteiger partial charge in [0.25, 0.3) is 0 Å². The van der Waals surface area contributed by atoms with Crippen molar-refractivity contribution in [2.45, 2.75) is 50.9 Å². The first-order valence-electron chi connectivity index (χ1n) is 7.56. The van der Waals surface area contributed by atoms with Gasteiger partial charge in [0.15, 0.2) is 0 Å². The van der Waals surface area contributed by atoms with E-state index in [9.17, 15) is 0 Å². The molecule has 112 valence electrons. The number of rotatable bonds is 6. The van der Waals surface area contributed by atoms with Crippen molar-refractivity contribution in [2.75, 3.05) is 0 Å². The Morgan fingerprint density at radius 3 is 2.52 bits per heavy atom. The average molecular weight is 299 g/mol. The van der Waals surface area contributed by atoms with Crippen LogP contribution in [0.2, 0.25) is 0 Å². The molecule has 2 aromatic rings. The van der Waals surface area contributed by atoms with Crippen molar-refractivity contribution in [1.82, 2.24) is 5.32 Å². The van der Waals surface area contributed by atoms with Crippen molar-refractivity contribution in [3.8, 4) is 0 Å². The van der Waals surface area contributed by atoms with Gasteiger partial charge in [0.2, 0.25) is 0 Å². The van der Waals surface area contributed by atoms with Crippen molar-refractivity contribution in [1.29, 1.82) is 0 Å². The Hall–Kier alpha value is -1.25. The minimum Gasteiger partial charge on any atom is -0.310 e. The van der Waals surface area contributed by atoms with E-state index in [1.807, 2.05) is 11.8 Å². The fraction of sp³-hybridized carbons (Fsp3) is 0.368. The molecule has 0 fully saturated rings. The van der Waals surface area contributed by atoms with Crippen LogP contribution in [0, 0.1) is 13.8 Å². The molecule has 0 bridgehead atoms. The molecule has 0 radical (unpaired) electrons. The molecule has 1 N–H and O–H groups in total. The molecule has 1 nitrogen and oxygen atoms in total. The first-order valence-corrected chi connectivity index (χ1v) is 8.54. The Morgan fingerprint density at radius 2 is 1.86 bits per heavy atom. The van der Waals surface area contributed by atoms with Crippen LogP contribution in [-0.2, 0) is 12.3 Å². The van der Waals surface area contributed by atoms with E-state index in [0.717, 1.165) is 12.3 Å². The van der Waals surface area contributed by atoms with Gasteiger partial charge in [-0.25, -0.2) is 0 Å². The van der Waals surface area contributed by atoms with Crippen LogP contribution in [-0.4, -0.2) is 6.04 Å². The van der Waals surface area contributed by atoms with Crippen molar-refractivity contribution < 1.29 is 0 Å². The SMILES string of the molecule is Cc1cccc(CSc2ccc(CNC(C)C)c(C)c2)c1. The topological polar surface area (TPSA) is 12.0 Å². The molecule has 21 heavy (non-hydrogen) atoms. The lowest BCUT2D eigenvalue weighted by molar-refractivity contribution is 0.587. The van der Waals surface area contributed by atoms with Gasteiger partial charge in [-0.05, 0) is 42.7 Å². The van der Waals surface area contributed by atoms with E-state index in [4.69, 9.17) is 0 Å². The minimum absolute atomic E-state index is 0.528. The van der Waals surface area contributed by atoms with E-state index < -0.39 is 0 Å². The second kappa shape index (κ2) is 7.67. The van der Waals surface area contributed by atoms with Crippen LogP contribution in [0.4, 0.5) is 0 Å².